The number of nitrogens with one attached hydrogen (secondary N) is 1. The number of carbonyl (C=O) groups excluding carboxylic acids is 1. The molecule has 0 aliphatic rings. The molecule has 0 saturated heterocycles. The number of rotatable bonds is 6. The van der Waals surface area contributed by atoms with Crippen molar-refractivity contribution in [2.75, 3.05) is 6.61 Å². The third kappa shape index (κ3) is 3.95. The summed E-state index contributed by atoms with van der Waals surface area (Å²) in [7, 11) is 0. The minimum Gasteiger partial charge on any atom is -0.394 e. The van der Waals surface area contributed by atoms with Gasteiger partial charge in [0.25, 0.3) is 0 Å². The van der Waals surface area contributed by atoms with Gasteiger partial charge in [0, 0.05) is 0 Å². The summed E-state index contributed by atoms with van der Waals surface area (Å²) in [5.74, 6) is -0.323. The van der Waals surface area contributed by atoms with Crippen LogP contribution >= 0.6 is 0 Å². The lowest BCUT2D eigenvalue weighted by Gasteiger charge is -2.20. The summed E-state index contributed by atoms with van der Waals surface area (Å²) in [6, 6.07) is 17.3. The zero-order valence-electron chi connectivity index (χ0n) is 13.1. The number of hydrogen-bond acceptors (Lipinski definition) is 2. The molecule has 0 bridgehead atoms. The molecule has 2 aromatic carbocycles. The number of amides is 1. The monoisotopic (exact) mass is 297 g/mol. The Balaban J connectivity index is 2.06. The van der Waals surface area contributed by atoms with Gasteiger partial charge < -0.3 is 10.4 Å². The van der Waals surface area contributed by atoms with Crippen LogP contribution in [0.15, 0.2) is 54.6 Å². The van der Waals surface area contributed by atoms with Gasteiger partial charge in [-0.05, 0) is 30.0 Å². The van der Waals surface area contributed by atoms with E-state index in [0.29, 0.717) is 0 Å². The van der Waals surface area contributed by atoms with E-state index in [1.165, 1.54) is 5.56 Å². The number of carbonyl (C=O) groups is 1. The second-order valence-electron chi connectivity index (χ2n) is 5.47. The van der Waals surface area contributed by atoms with Gasteiger partial charge >= 0.3 is 0 Å². The maximum absolute atomic E-state index is 12.4. The molecule has 3 heteroatoms. The summed E-state index contributed by atoms with van der Waals surface area (Å²) in [5, 5.41) is 12.5. The standard InChI is InChI=1S/C19H23NO2/c1-3-15-9-11-16(12-10-15)14(2)19(22)20-18(13-21)17-7-5-4-6-8-17/h4-12,14,18,21H,3,13H2,1-2H3,(H,20,22). The van der Waals surface area contributed by atoms with Crippen LogP contribution in [0, 0.1) is 0 Å². The van der Waals surface area contributed by atoms with Crippen molar-refractivity contribution >= 4 is 5.91 Å². The van der Waals surface area contributed by atoms with Crippen molar-refractivity contribution in [1.82, 2.24) is 5.32 Å². The van der Waals surface area contributed by atoms with Gasteiger partial charge in [-0.15, -0.1) is 0 Å². The highest BCUT2D eigenvalue weighted by Gasteiger charge is 2.19. The van der Waals surface area contributed by atoms with Gasteiger partial charge in [0.2, 0.25) is 5.91 Å². The molecule has 0 heterocycles. The Morgan fingerprint density at radius 3 is 2.23 bits per heavy atom. The summed E-state index contributed by atoms with van der Waals surface area (Å²) in [5.41, 5.74) is 3.15. The van der Waals surface area contributed by atoms with Crippen molar-refractivity contribution in [3.05, 3.63) is 71.3 Å². The maximum Gasteiger partial charge on any atom is 0.227 e. The Labute approximate surface area is 132 Å². The van der Waals surface area contributed by atoms with Crippen LogP contribution in [0.5, 0.6) is 0 Å². The normalized spacial score (nSPS) is 13.4. The lowest BCUT2D eigenvalue weighted by Crippen LogP contribution is -2.33. The Morgan fingerprint density at radius 2 is 1.68 bits per heavy atom. The molecule has 116 valence electrons. The zero-order valence-corrected chi connectivity index (χ0v) is 13.1. The fourth-order valence-corrected chi connectivity index (χ4v) is 2.41. The second kappa shape index (κ2) is 7.76. The molecule has 0 spiro atoms. The van der Waals surface area contributed by atoms with Gasteiger partial charge in [0.15, 0.2) is 0 Å². The summed E-state index contributed by atoms with van der Waals surface area (Å²) < 4.78 is 0. The molecule has 0 aliphatic carbocycles. The molecular formula is C19H23NO2. The Bertz CT molecular complexity index is 593. The molecule has 2 N–H and O–H groups in total. The number of aryl methyl sites for hydroxylation is 1. The topological polar surface area (TPSA) is 49.3 Å². The summed E-state index contributed by atoms with van der Waals surface area (Å²) >= 11 is 0. The molecule has 1 amide bonds. The number of aliphatic hydroxyl groups excluding tert-OH is 1. The molecule has 3 nitrogen and oxygen atoms in total. The molecule has 22 heavy (non-hydrogen) atoms. The molecular weight excluding hydrogens is 274 g/mol. The molecule has 0 saturated carbocycles. The maximum atomic E-state index is 12.4. The van der Waals surface area contributed by atoms with E-state index in [-0.39, 0.29) is 24.5 Å². The minimum atomic E-state index is -0.369. The van der Waals surface area contributed by atoms with Gasteiger partial charge in [-0.3, -0.25) is 4.79 Å². The van der Waals surface area contributed by atoms with E-state index in [2.05, 4.69) is 24.4 Å². The van der Waals surface area contributed by atoms with Gasteiger partial charge in [0.1, 0.15) is 0 Å². The second-order valence-corrected chi connectivity index (χ2v) is 5.47. The van der Waals surface area contributed by atoms with Crippen molar-refractivity contribution < 1.29 is 9.90 Å². The molecule has 0 fully saturated rings. The van der Waals surface area contributed by atoms with Crippen LogP contribution < -0.4 is 5.32 Å². The molecule has 2 unspecified atom stereocenters. The molecule has 0 aliphatic heterocycles. The van der Waals surface area contributed by atoms with Crippen molar-refractivity contribution in [3.63, 3.8) is 0 Å². The fourth-order valence-electron chi connectivity index (χ4n) is 2.41. The smallest absolute Gasteiger partial charge is 0.227 e. The zero-order chi connectivity index (χ0) is 15.9. The fraction of sp³-hybridized carbons (Fsp3) is 0.316. The third-order valence-electron chi connectivity index (χ3n) is 3.98. The lowest BCUT2D eigenvalue weighted by atomic mass is 9.97. The Morgan fingerprint density at radius 1 is 1.05 bits per heavy atom. The first kappa shape index (κ1) is 16.2. The van der Waals surface area contributed by atoms with Crippen molar-refractivity contribution in [3.8, 4) is 0 Å². The minimum absolute atomic E-state index is 0.0767. The van der Waals surface area contributed by atoms with Crippen molar-refractivity contribution in [2.45, 2.75) is 32.2 Å². The quantitative estimate of drug-likeness (QED) is 0.860. The molecule has 0 aromatic heterocycles. The summed E-state index contributed by atoms with van der Waals surface area (Å²) in [6.07, 6.45) is 0.988. The first-order chi connectivity index (χ1) is 10.7. The van der Waals surface area contributed by atoms with E-state index >= 15 is 0 Å². The van der Waals surface area contributed by atoms with Crippen LogP contribution in [0.3, 0.4) is 0 Å². The summed E-state index contributed by atoms with van der Waals surface area (Å²) in [6.45, 7) is 3.88. The highest BCUT2D eigenvalue weighted by atomic mass is 16.3. The molecule has 2 rings (SSSR count). The average Bonchev–Trinajstić information content (AvgIpc) is 2.59. The molecule has 0 radical (unpaired) electrons. The third-order valence-corrected chi connectivity index (χ3v) is 3.98. The van der Waals surface area contributed by atoms with Crippen molar-refractivity contribution in [1.29, 1.82) is 0 Å². The number of aliphatic hydroxyl groups is 1. The van der Waals surface area contributed by atoms with Crippen LogP contribution in [0.4, 0.5) is 0 Å². The van der Waals surface area contributed by atoms with Crippen LogP contribution in [-0.4, -0.2) is 17.6 Å². The predicted molar refractivity (Wildman–Crippen MR) is 88.6 cm³/mol. The van der Waals surface area contributed by atoms with E-state index in [1.807, 2.05) is 49.4 Å². The first-order valence-corrected chi connectivity index (χ1v) is 7.70. The Kier molecular flexibility index (Phi) is 5.73. The lowest BCUT2D eigenvalue weighted by molar-refractivity contribution is -0.123. The van der Waals surface area contributed by atoms with Crippen LogP contribution in [0.1, 0.15) is 42.5 Å². The van der Waals surface area contributed by atoms with E-state index in [9.17, 15) is 9.90 Å². The number of benzene rings is 2. The molecule has 2 atom stereocenters. The van der Waals surface area contributed by atoms with Gasteiger partial charge in [-0.2, -0.15) is 0 Å². The number of hydrogen-bond donors (Lipinski definition) is 2. The Hall–Kier alpha value is -2.13. The highest BCUT2D eigenvalue weighted by molar-refractivity contribution is 5.83. The van der Waals surface area contributed by atoms with E-state index < -0.39 is 0 Å². The molecule has 2 aromatic rings. The largest absolute Gasteiger partial charge is 0.394 e. The van der Waals surface area contributed by atoms with Gasteiger partial charge in [-0.1, -0.05) is 61.5 Å². The average molecular weight is 297 g/mol. The van der Waals surface area contributed by atoms with Gasteiger partial charge in [-0.25, -0.2) is 0 Å². The first-order valence-electron chi connectivity index (χ1n) is 7.70. The van der Waals surface area contributed by atoms with E-state index in [4.69, 9.17) is 0 Å². The van der Waals surface area contributed by atoms with Gasteiger partial charge in [0.05, 0.1) is 18.6 Å². The van der Waals surface area contributed by atoms with E-state index in [1.54, 1.807) is 0 Å². The summed E-state index contributed by atoms with van der Waals surface area (Å²) in [4.78, 5) is 12.4. The SMILES string of the molecule is CCc1ccc(C(C)C(=O)NC(CO)c2ccccc2)cc1. The highest BCUT2D eigenvalue weighted by Crippen LogP contribution is 2.19. The van der Waals surface area contributed by atoms with E-state index in [0.717, 1.165) is 17.5 Å². The predicted octanol–water partition coefficient (Wildman–Crippen LogP) is 3.20. The van der Waals surface area contributed by atoms with Crippen LogP contribution in [0.25, 0.3) is 0 Å². The van der Waals surface area contributed by atoms with Crippen LogP contribution in [-0.2, 0) is 11.2 Å². The van der Waals surface area contributed by atoms with Crippen LogP contribution in [0.2, 0.25) is 0 Å². The van der Waals surface area contributed by atoms with Crippen molar-refractivity contribution in [2.24, 2.45) is 0 Å².